The SMILES string of the molecule is C[C@H]1CN(CCC(F)(F)C(F)(F)C(F)(F)C(F)(F)F)CC[C@]1(C)c1cccc(NS(C)(=O)=O)c1. The molecule has 1 aromatic carbocycles. The first-order chi connectivity index (χ1) is 15.1. The van der Waals surface area contributed by atoms with Gasteiger partial charge >= 0.3 is 23.9 Å². The van der Waals surface area contributed by atoms with Crippen LogP contribution in [0.4, 0.5) is 45.2 Å². The molecule has 0 spiro atoms. The molecule has 0 bridgehead atoms. The van der Waals surface area contributed by atoms with Gasteiger partial charge in [0, 0.05) is 25.2 Å². The number of likely N-dealkylation sites (tertiary alicyclic amines) is 1. The minimum absolute atomic E-state index is 0.0809. The lowest BCUT2D eigenvalue weighted by molar-refractivity contribution is -0.396. The third-order valence-corrected chi connectivity index (χ3v) is 6.95. The summed E-state index contributed by atoms with van der Waals surface area (Å²) in [5.74, 6) is -19.4. The van der Waals surface area contributed by atoms with Gasteiger partial charge in [-0.15, -0.1) is 0 Å². The fourth-order valence-corrected chi connectivity index (χ4v) is 4.52. The van der Waals surface area contributed by atoms with E-state index in [1.165, 1.54) is 11.0 Å². The maximum Gasteiger partial charge on any atom is 0.460 e. The highest BCUT2D eigenvalue weighted by molar-refractivity contribution is 7.92. The van der Waals surface area contributed by atoms with E-state index >= 15 is 0 Å². The zero-order valence-electron chi connectivity index (χ0n) is 18.5. The summed E-state index contributed by atoms with van der Waals surface area (Å²) in [7, 11) is -3.53. The molecule has 1 aliphatic rings. The summed E-state index contributed by atoms with van der Waals surface area (Å²) < 4.78 is 143. The topological polar surface area (TPSA) is 49.4 Å². The average Bonchev–Trinajstić information content (AvgIpc) is 2.66. The number of benzene rings is 1. The highest BCUT2D eigenvalue weighted by atomic mass is 32.2. The van der Waals surface area contributed by atoms with Crippen molar-refractivity contribution in [1.29, 1.82) is 0 Å². The molecule has 34 heavy (non-hydrogen) atoms. The maximum absolute atomic E-state index is 13.9. The third-order valence-electron chi connectivity index (χ3n) is 6.34. The van der Waals surface area contributed by atoms with Gasteiger partial charge in [-0.25, -0.2) is 8.42 Å². The van der Waals surface area contributed by atoms with Crippen LogP contribution in [0, 0.1) is 5.92 Å². The lowest BCUT2D eigenvalue weighted by Gasteiger charge is -2.45. The van der Waals surface area contributed by atoms with Gasteiger partial charge in [-0.3, -0.25) is 4.72 Å². The van der Waals surface area contributed by atoms with Crippen molar-refractivity contribution in [3.63, 3.8) is 0 Å². The van der Waals surface area contributed by atoms with Gasteiger partial charge < -0.3 is 4.90 Å². The minimum atomic E-state index is -6.89. The number of anilines is 1. The fraction of sp³-hybridized carbons (Fsp3) is 0.700. The van der Waals surface area contributed by atoms with Crippen LogP contribution in [0.3, 0.4) is 0 Å². The van der Waals surface area contributed by atoms with Gasteiger partial charge in [-0.1, -0.05) is 26.0 Å². The quantitative estimate of drug-likeness (QED) is 0.453. The van der Waals surface area contributed by atoms with Crippen LogP contribution in [0.25, 0.3) is 0 Å². The van der Waals surface area contributed by atoms with E-state index < -0.39 is 52.3 Å². The molecule has 0 aliphatic carbocycles. The molecule has 4 nitrogen and oxygen atoms in total. The molecule has 0 saturated carbocycles. The highest BCUT2D eigenvalue weighted by Gasteiger charge is 2.81. The zero-order chi connectivity index (χ0) is 26.4. The number of alkyl halides is 9. The van der Waals surface area contributed by atoms with Crippen molar-refractivity contribution in [2.45, 2.75) is 56.0 Å². The van der Waals surface area contributed by atoms with Crippen LogP contribution in [0.5, 0.6) is 0 Å². The summed E-state index contributed by atoms with van der Waals surface area (Å²) in [6.07, 6.45) is -7.42. The lowest BCUT2D eigenvalue weighted by Crippen LogP contribution is -2.61. The van der Waals surface area contributed by atoms with Gasteiger partial charge in [-0.05, 0) is 42.0 Å². The molecular weight excluding hydrogens is 503 g/mol. The Morgan fingerprint density at radius 1 is 1.06 bits per heavy atom. The van der Waals surface area contributed by atoms with E-state index in [0.29, 0.717) is 12.1 Å². The number of nitrogens with one attached hydrogen (secondary N) is 1. The predicted octanol–water partition coefficient (Wildman–Crippen LogP) is 5.52. The van der Waals surface area contributed by atoms with Gasteiger partial charge in [0.1, 0.15) is 0 Å². The van der Waals surface area contributed by atoms with E-state index in [2.05, 4.69) is 4.72 Å². The molecule has 1 fully saturated rings. The fourth-order valence-electron chi connectivity index (χ4n) is 3.96. The standard InChI is InChI=1S/C20H25F9N2O2S/c1-13-12-31(10-8-17(21,22)18(23,24)19(25,26)20(27,28)29)9-7-16(13,2)14-5-4-6-15(11-14)30-34(3,32)33/h4-6,11,13,30H,7-10,12H2,1-3H3/t13-,16-/m0/s1. The first kappa shape index (κ1) is 28.5. The van der Waals surface area contributed by atoms with Crippen LogP contribution in [0.2, 0.25) is 0 Å². The normalized spacial score (nSPS) is 23.7. The number of rotatable bonds is 8. The summed E-state index contributed by atoms with van der Waals surface area (Å²) in [5, 5.41) is 0. The zero-order valence-corrected chi connectivity index (χ0v) is 19.3. The number of sulfonamides is 1. The van der Waals surface area contributed by atoms with Crippen molar-refractivity contribution in [3.8, 4) is 0 Å². The van der Waals surface area contributed by atoms with E-state index in [9.17, 15) is 47.9 Å². The van der Waals surface area contributed by atoms with E-state index in [-0.39, 0.29) is 19.0 Å². The second kappa shape index (κ2) is 9.07. The molecule has 1 aromatic rings. The van der Waals surface area contributed by atoms with Crippen LogP contribution < -0.4 is 4.72 Å². The monoisotopic (exact) mass is 528 g/mol. The molecule has 0 amide bonds. The summed E-state index contributed by atoms with van der Waals surface area (Å²) in [4.78, 5) is 1.31. The van der Waals surface area contributed by atoms with Crippen LogP contribution in [-0.4, -0.2) is 63.2 Å². The minimum Gasteiger partial charge on any atom is -0.303 e. The molecule has 14 heteroatoms. The second-order valence-electron chi connectivity index (χ2n) is 8.93. The Balaban J connectivity index is 2.11. The van der Waals surface area contributed by atoms with Crippen LogP contribution in [0.1, 0.15) is 32.3 Å². The Kier molecular flexibility index (Phi) is 7.61. The first-order valence-electron chi connectivity index (χ1n) is 10.1. The Morgan fingerprint density at radius 3 is 2.15 bits per heavy atom. The number of hydrogen-bond acceptors (Lipinski definition) is 3. The molecule has 2 atom stereocenters. The van der Waals surface area contributed by atoms with Gasteiger partial charge in [-0.2, -0.15) is 39.5 Å². The largest absolute Gasteiger partial charge is 0.460 e. The van der Waals surface area contributed by atoms with Crippen LogP contribution >= 0.6 is 0 Å². The molecule has 1 N–H and O–H groups in total. The number of halogens is 9. The van der Waals surface area contributed by atoms with E-state index in [0.717, 1.165) is 11.8 Å². The molecule has 0 radical (unpaired) electrons. The molecule has 0 unspecified atom stereocenters. The third kappa shape index (κ3) is 5.58. The van der Waals surface area contributed by atoms with Gasteiger partial charge in [0.2, 0.25) is 10.0 Å². The number of piperidine rings is 1. The summed E-state index contributed by atoms with van der Waals surface area (Å²) in [6, 6.07) is 6.51. The first-order valence-corrected chi connectivity index (χ1v) is 12.0. The average molecular weight is 528 g/mol. The van der Waals surface area contributed by atoms with Crippen molar-refractivity contribution in [1.82, 2.24) is 4.90 Å². The summed E-state index contributed by atoms with van der Waals surface area (Å²) >= 11 is 0. The van der Waals surface area contributed by atoms with Gasteiger partial charge in [0.15, 0.2) is 0 Å². The van der Waals surface area contributed by atoms with E-state index in [1.54, 1.807) is 25.1 Å². The molecular formula is C20H25F9N2O2S. The smallest absolute Gasteiger partial charge is 0.303 e. The van der Waals surface area contributed by atoms with E-state index in [4.69, 9.17) is 0 Å². The molecule has 0 aromatic heterocycles. The summed E-state index contributed by atoms with van der Waals surface area (Å²) in [6.45, 7) is 2.95. The summed E-state index contributed by atoms with van der Waals surface area (Å²) in [5.41, 5.74) is 0.472. The highest BCUT2D eigenvalue weighted by Crippen LogP contribution is 2.54. The van der Waals surface area contributed by atoms with Crippen molar-refractivity contribution >= 4 is 15.7 Å². The van der Waals surface area contributed by atoms with Gasteiger partial charge in [0.05, 0.1) is 6.26 Å². The number of hydrogen-bond donors (Lipinski definition) is 1. The Labute approximate surface area is 191 Å². The van der Waals surface area contributed by atoms with Crippen molar-refractivity contribution < 1.29 is 47.9 Å². The van der Waals surface area contributed by atoms with Crippen LogP contribution in [0.15, 0.2) is 24.3 Å². The van der Waals surface area contributed by atoms with Crippen molar-refractivity contribution in [2.24, 2.45) is 5.92 Å². The van der Waals surface area contributed by atoms with Crippen molar-refractivity contribution in [2.75, 3.05) is 30.6 Å². The molecule has 1 aliphatic heterocycles. The van der Waals surface area contributed by atoms with E-state index in [1.807, 2.05) is 6.92 Å². The molecule has 1 heterocycles. The van der Waals surface area contributed by atoms with Crippen molar-refractivity contribution in [3.05, 3.63) is 29.8 Å². The predicted molar refractivity (Wildman–Crippen MR) is 108 cm³/mol. The lowest BCUT2D eigenvalue weighted by atomic mass is 9.68. The van der Waals surface area contributed by atoms with Gasteiger partial charge in [0.25, 0.3) is 0 Å². The number of nitrogens with zero attached hydrogens (tertiary/aromatic N) is 1. The molecule has 1 saturated heterocycles. The molecule has 2 rings (SSSR count). The Morgan fingerprint density at radius 2 is 1.65 bits per heavy atom. The second-order valence-corrected chi connectivity index (χ2v) is 10.7. The van der Waals surface area contributed by atoms with Crippen LogP contribution in [-0.2, 0) is 15.4 Å². The Hall–Kier alpha value is -1.70. The Bertz CT molecular complexity index is 983. The maximum atomic E-state index is 13.9. The molecule has 196 valence electrons.